The highest BCUT2D eigenvalue weighted by atomic mass is 127. The summed E-state index contributed by atoms with van der Waals surface area (Å²) in [6.45, 7) is 0.557. The molecule has 0 amide bonds. The molecule has 4 heteroatoms. The molecule has 1 aromatic heterocycles. The van der Waals surface area contributed by atoms with Crippen molar-refractivity contribution < 1.29 is 33.8 Å². The lowest BCUT2D eigenvalue weighted by molar-refractivity contribution is -0.681. The van der Waals surface area contributed by atoms with E-state index in [0.29, 0.717) is 12.3 Å². The molecule has 1 aromatic carbocycles. The van der Waals surface area contributed by atoms with Gasteiger partial charge in [0.2, 0.25) is 0 Å². The van der Waals surface area contributed by atoms with Crippen molar-refractivity contribution in [1.82, 2.24) is 0 Å². The molecule has 2 aromatic rings. The van der Waals surface area contributed by atoms with Crippen molar-refractivity contribution in [3.63, 3.8) is 0 Å². The van der Waals surface area contributed by atoms with Gasteiger partial charge in [-0.2, -0.15) is 4.57 Å². The van der Waals surface area contributed by atoms with Crippen molar-refractivity contribution in [2.75, 3.05) is 0 Å². The van der Waals surface area contributed by atoms with E-state index in [-0.39, 0.29) is 24.0 Å². The summed E-state index contributed by atoms with van der Waals surface area (Å²) in [7, 11) is 0. The molecule has 0 spiro atoms. The molecule has 0 atom stereocenters. The topological polar surface area (TPSA) is 36.5 Å². The van der Waals surface area contributed by atoms with E-state index in [2.05, 4.69) is 5.16 Å². The SMILES string of the molecule is O/N=C(/C[n+]1ccccc1)c1ccccc1.[I-]. The van der Waals surface area contributed by atoms with Crippen LogP contribution in [0.15, 0.2) is 66.1 Å². The molecule has 3 nitrogen and oxygen atoms in total. The maximum atomic E-state index is 9.02. The summed E-state index contributed by atoms with van der Waals surface area (Å²) >= 11 is 0. The third kappa shape index (κ3) is 3.81. The Morgan fingerprint density at radius 2 is 1.59 bits per heavy atom. The lowest BCUT2D eigenvalue weighted by atomic mass is 10.1. The van der Waals surface area contributed by atoms with Crippen LogP contribution in [0.5, 0.6) is 0 Å². The standard InChI is InChI=1S/C13H12N2O.HI/c16-14-13(12-7-3-1-4-8-12)11-15-9-5-2-6-10-15;/h1-10H,11H2;1H/b14-13-;. The van der Waals surface area contributed by atoms with E-state index in [1.54, 1.807) is 0 Å². The maximum absolute atomic E-state index is 9.02. The van der Waals surface area contributed by atoms with E-state index in [9.17, 15) is 0 Å². The van der Waals surface area contributed by atoms with E-state index in [4.69, 9.17) is 5.21 Å². The second kappa shape index (κ2) is 7.01. The summed E-state index contributed by atoms with van der Waals surface area (Å²) in [5.74, 6) is 0. The van der Waals surface area contributed by atoms with Crippen LogP contribution in [0.3, 0.4) is 0 Å². The van der Waals surface area contributed by atoms with Gasteiger partial charge >= 0.3 is 0 Å². The van der Waals surface area contributed by atoms with Gasteiger partial charge in [-0.25, -0.2) is 0 Å². The van der Waals surface area contributed by atoms with Gasteiger partial charge in [0.15, 0.2) is 24.7 Å². The van der Waals surface area contributed by atoms with Crippen molar-refractivity contribution in [3.8, 4) is 0 Å². The predicted molar refractivity (Wildman–Crippen MR) is 61.4 cm³/mol. The molecule has 17 heavy (non-hydrogen) atoms. The van der Waals surface area contributed by atoms with Gasteiger partial charge in [-0.3, -0.25) is 0 Å². The van der Waals surface area contributed by atoms with Crippen LogP contribution in [-0.4, -0.2) is 10.9 Å². The molecule has 2 rings (SSSR count). The Morgan fingerprint density at radius 3 is 2.18 bits per heavy atom. The van der Waals surface area contributed by atoms with Crippen LogP contribution in [0.25, 0.3) is 0 Å². The summed E-state index contributed by atoms with van der Waals surface area (Å²) in [4.78, 5) is 0. The molecule has 0 fully saturated rings. The van der Waals surface area contributed by atoms with Crippen molar-refractivity contribution >= 4 is 5.71 Å². The van der Waals surface area contributed by atoms with E-state index >= 15 is 0 Å². The minimum atomic E-state index is 0. The first-order valence-corrected chi connectivity index (χ1v) is 5.10. The molecular weight excluding hydrogens is 327 g/mol. The fourth-order valence-electron chi connectivity index (χ4n) is 1.52. The molecule has 0 aliphatic heterocycles. The number of halogens is 1. The van der Waals surface area contributed by atoms with Gasteiger partial charge in [0.25, 0.3) is 0 Å². The molecular formula is C13H13IN2O. The average Bonchev–Trinajstić information content (AvgIpc) is 2.38. The Hall–Kier alpha value is -1.43. The number of nitrogens with zero attached hydrogens (tertiary/aromatic N) is 2. The van der Waals surface area contributed by atoms with E-state index in [1.165, 1.54) is 0 Å². The molecule has 88 valence electrons. The Morgan fingerprint density at radius 1 is 1.00 bits per heavy atom. The predicted octanol–water partition coefficient (Wildman–Crippen LogP) is -1.14. The van der Waals surface area contributed by atoms with Gasteiger partial charge in [0.1, 0.15) is 0 Å². The van der Waals surface area contributed by atoms with Crippen molar-refractivity contribution in [3.05, 3.63) is 66.5 Å². The van der Waals surface area contributed by atoms with E-state index in [1.807, 2.05) is 65.5 Å². The van der Waals surface area contributed by atoms with Crippen molar-refractivity contribution in [1.29, 1.82) is 0 Å². The van der Waals surface area contributed by atoms with Crippen LogP contribution in [0, 0.1) is 0 Å². The monoisotopic (exact) mass is 340 g/mol. The molecule has 0 aliphatic rings. The number of hydrogen-bond donors (Lipinski definition) is 1. The zero-order chi connectivity index (χ0) is 11.2. The minimum Gasteiger partial charge on any atom is -1.00 e. The number of aromatic nitrogens is 1. The number of pyridine rings is 1. The largest absolute Gasteiger partial charge is 1.00 e. The molecule has 0 radical (unpaired) electrons. The normalized spacial score (nSPS) is 10.7. The van der Waals surface area contributed by atoms with E-state index in [0.717, 1.165) is 5.56 Å². The molecule has 1 N–H and O–H groups in total. The quantitative estimate of drug-likeness (QED) is 0.248. The fraction of sp³-hybridized carbons (Fsp3) is 0.0769. The number of hydrogen-bond acceptors (Lipinski definition) is 2. The zero-order valence-electron chi connectivity index (χ0n) is 9.20. The average molecular weight is 340 g/mol. The Bertz CT molecular complexity index is 471. The first kappa shape index (κ1) is 13.6. The third-order valence-electron chi connectivity index (χ3n) is 2.34. The minimum absolute atomic E-state index is 0. The first-order chi connectivity index (χ1) is 7.90. The third-order valence-corrected chi connectivity index (χ3v) is 2.34. The van der Waals surface area contributed by atoms with Crippen LogP contribution < -0.4 is 28.5 Å². The van der Waals surface area contributed by atoms with Gasteiger partial charge in [-0.1, -0.05) is 41.6 Å². The zero-order valence-corrected chi connectivity index (χ0v) is 11.4. The van der Waals surface area contributed by atoms with Gasteiger partial charge < -0.3 is 29.2 Å². The second-order valence-electron chi connectivity index (χ2n) is 3.46. The number of benzene rings is 1. The van der Waals surface area contributed by atoms with E-state index < -0.39 is 0 Å². The summed E-state index contributed by atoms with van der Waals surface area (Å²) in [5.41, 5.74) is 1.58. The maximum Gasteiger partial charge on any atom is 0.194 e. The number of oxime groups is 1. The molecule has 0 saturated carbocycles. The highest BCUT2D eigenvalue weighted by Gasteiger charge is 2.09. The van der Waals surface area contributed by atoms with Gasteiger partial charge in [-0.15, -0.1) is 0 Å². The Kier molecular flexibility index (Phi) is 5.62. The Balaban J connectivity index is 0.00000144. The molecule has 0 bridgehead atoms. The first-order valence-electron chi connectivity index (χ1n) is 5.10. The molecule has 0 aliphatic carbocycles. The summed E-state index contributed by atoms with van der Waals surface area (Å²) in [6.07, 6.45) is 3.88. The van der Waals surface area contributed by atoms with Gasteiger partial charge in [0.05, 0.1) is 0 Å². The lowest BCUT2D eigenvalue weighted by Crippen LogP contribution is -3.00. The summed E-state index contributed by atoms with van der Waals surface area (Å²) in [5, 5.41) is 12.4. The van der Waals surface area contributed by atoms with Gasteiger partial charge in [0, 0.05) is 17.7 Å². The molecule has 0 saturated heterocycles. The smallest absolute Gasteiger partial charge is 0.194 e. The lowest BCUT2D eigenvalue weighted by Gasteiger charge is -2.00. The fourth-order valence-corrected chi connectivity index (χ4v) is 1.52. The summed E-state index contributed by atoms with van der Waals surface area (Å²) < 4.78 is 1.96. The van der Waals surface area contributed by atoms with Crippen LogP contribution in [0.2, 0.25) is 0 Å². The van der Waals surface area contributed by atoms with Crippen LogP contribution >= 0.6 is 0 Å². The van der Waals surface area contributed by atoms with Crippen molar-refractivity contribution in [2.24, 2.45) is 5.16 Å². The molecule has 0 unspecified atom stereocenters. The van der Waals surface area contributed by atoms with Crippen LogP contribution in [0.1, 0.15) is 5.56 Å². The van der Waals surface area contributed by atoms with Gasteiger partial charge in [-0.05, 0) is 0 Å². The molecule has 1 heterocycles. The van der Waals surface area contributed by atoms with Crippen LogP contribution in [0.4, 0.5) is 0 Å². The van der Waals surface area contributed by atoms with Crippen molar-refractivity contribution in [2.45, 2.75) is 6.54 Å². The highest BCUT2D eigenvalue weighted by Crippen LogP contribution is 2.01. The second-order valence-corrected chi connectivity index (χ2v) is 3.46. The Labute approximate surface area is 117 Å². The van der Waals surface area contributed by atoms with Crippen LogP contribution in [-0.2, 0) is 6.54 Å². The highest BCUT2D eigenvalue weighted by molar-refractivity contribution is 5.99. The number of rotatable bonds is 3. The summed E-state index contributed by atoms with van der Waals surface area (Å²) in [6, 6.07) is 15.5.